The second-order valence-corrected chi connectivity index (χ2v) is 9.91. The molecule has 0 aromatic rings. The molecule has 2 saturated carbocycles. The predicted octanol–water partition coefficient (Wildman–Crippen LogP) is 5.14. The fourth-order valence-corrected chi connectivity index (χ4v) is 6.34. The first-order valence-corrected chi connectivity index (χ1v) is 10.3. The molecule has 2 fully saturated rings. The number of carbonyl (C=O) groups is 2. The second kappa shape index (κ2) is 7.10. The first kappa shape index (κ1) is 20.2. The third kappa shape index (κ3) is 3.72. The minimum Gasteiger partial charge on any atom is -0.481 e. The lowest BCUT2D eigenvalue weighted by Crippen LogP contribution is -2.51. The Balaban J connectivity index is 1.80. The SMILES string of the molecule is C=C[C@@]1(C)CC=C2[C@@H](CC[C@H]3[C@](C)(COC(=O)CC(=O)O)CCC[C@]23C)C1. The topological polar surface area (TPSA) is 63.6 Å². The summed E-state index contributed by atoms with van der Waals surface area (Å²) in [7, 11) is 0. The van der Waals surface area contributed by atoms with E-state index in [0.29, 0.717) is 18.4 Å². The average molecular weight is 375 g/mol. The molecule has 0 saturated heterocycles. The fourth-order valence-electron chi connectivity index (χ4n) is 6.34. The minimum absolute atomic E-state index is 0.0772. The summed E-state index contributed by atoms with van der Waals surface area (Å²) < 4.78 is 5.42. The number of allylic oxidation sites excluding steroid dienone is 3. The number of esters is 1. The van der Waals surface area contributed by atoms with Crippen molar-refractivity contribution in [2.45, 2.75) is 72.1 Å². The average Bonchev–Trinajstić information content (AvgIpc) is 2.59. The lowest BCUT2D eigenvalue weighted by atomic mass is 9.46. The van der Waals surface area contributed by atoms with Crippen LogP contribution in [0.25, 0.3) is 0 Å². The molecule has 0 amide bonds. The summed E-state index contributed by atoms with van der Waals surface area (Å²) in [5, 5.41) is 8.79. The van der Waals surface area contributed by atoms with Gasteiger partial charge in [0, 0.05) is 5.41 Å². The van der Waals surface area contributed by atoms with E-state index in [1.807, 2.05) is 0 Å². The third-order valence-corrected chi connectivity index (χ3v) is 7.81. The van der Waals surface area contributed by atoms with Crippen molar-refractivity contribution in [1.29, 1.82) is 0 Å². The standard InChI is InChI=1S/C23H34O4/c1-5-21(2)12-9-17-16(14-21)7-8-18-22(3,10-6-11-23(17,18)4)15-27-20(26)13-19(24)25/h5,9,16,18H,1,6-8,10-15H2,2-4H3,(H,24,25)/t16-,18-,21-,22-,23+/m0/s1. The van der Waals surface area contributed by atoms with Crippen LogP contribution >= 0.6 is 0 Å². The smallest absolute Gasteiger partial charge is 0.317 e. The summed E-state index contributed by atoms with van der Waals surface area (Å²) >= 11 is 0. The second-order valence-electron chi connectivity index (χ2n) is 9.91. The summed E-state index contributed by atoms with van der Waals surface area (Å²) in [5.41, 5.74) is 1.92. The normalized spacial score (nSPS) is 40.9. The number of carboxylic acids is 1. The van der Waals surface area contributed by atoms with E-state index in [-0.39, 0.29) is 16.2 Å². The Bertz CT molecular complexity index is 665. The number of rotatable bonds is 5. The Hall–Kier alpha value is -1.58. The molecule has 5 atom stereocenters. The van der Waals surface area contributed by atoms with Gasteiger partial charge in [0.2, 0.25) is 0 Å². The van der Waals surface area contributed by atoms with Crippen LogP contribution in [0.1, 0.15) is 72.1 Å². The summed E-state index contributed by atoms with van der Waals surface area (Å²) in [5.74, 6) is -0.632. The molecule has 0 aromatic heterocycles. The van der Waals surface area contributed by atoms with Crippen molar-refractivity contribution in [2.24, 2.45) is 28.1 Å². The predicted molar refractivity (Wildman–Crippen MR) is 105 cm³/mol. The molecule has 0 radical (unpaired) electrons. The number of hydrogen-bond donors (Lipinski definition) is 1. The van der Waals surface area contributed by atoms with E-state index in [9.17, 15) is 9.59 Å². The van der Waals surface area contributed by atoms with Crippen molar-refractivity contribution in [2.75, 3.05) is 6.61 Å². The summed E-state index contributed by atoms with van der Waals surface area (Å²) in [4.78, 5) is 22.5. The van der Waals surface area contributed by atoms with Gasteiger partial charge in [-0.2, -0.15) is 0 Å². The van der Waals surface area contributed by atoms with Crippen LogP contribution in [0.15, 0.2) is 24.3 Å². The molecule has 1 N–H and O–H groups in total. The van der Waals surface area contributed by atoms with Crippen LogP contribution in [0.3, 0.4) is 0 Å². The molecule has 27 heavy (non-hydrogen) atoms. The van der Waals surface area contributed by atoms with Gasteiger partial charge in [-0.1, -0.05) is 44.9 Å². The Labute approximate surface area is 163 Å². The fraction of sp³-hybridized carbons (Fsp3) is 0.739. The maximum absolute atomic E-state index is 11.8. The van der Waals surface area contributed by atoms with E-state index in [1.165, 1.54) is 19.3 Å². The van der Waals surface area contributed by atoms with Gasteiger partial charge in [-0.15, -0.1) is 6.58 Å². The quantitative estimate of drug-likeness (QED) is 0.411. The van der Waals surface area contributed by atoms with Gasteiger partial charge in [0.15, 0.2) is 0 Å². The molecule has 0 aromatic carbocycles. The number of carboxylic acid groups (broad SMARTS) is 1. The zero-order valence-electron chi connectivity index (χ0n) is 17.1. The van der Waals surface area contributed by atoms with Gasteiger partial charge < -0.3 is 9.84 Å². The molecule has 4 heteroatoms. The lowest BCUT2D eigenvalue weighted by Gasteiger charge is -2.59. The Kier molecular flexibility index (Phi) is 5.31. The molecule has 3 aliphatic carbocycles. The summed E-state index contributed by atoms with van der Waals surface area (Å²) in [6.07, 6.45) is 12.0. The number of fused-ring (bicyclic) bond motifs is 3. The van der Waals surface area contributed by atoms with E-state index in [0.717, 1.165) is 25.7 Å². The van der Waals surface area contributed by atoms with E-state index in [4.69, 9.17) is 9.84 Å². The highest BCUT2D eigenvalue weighted by atomic mass is 16.5. The van der Waals surface area contributed by atoms with Gasteiger partial charge >= 0.3 is 11.9 Å². The highest BCUT2D eigenvalue weighted by molar-refractivity contribution is 5.90. The number of ether oxygens (including phenoxy) is 1. The largest absolute Gasteiger partial charge is 0.481 e. The number of hydrogen-bond acceptors (Lipinski definition) is 3. The minimum atomic E-state index is -1.13. The first-order chi connectivity index (χ1) is 12.6. The molecule has 0 spiro atoms. The Morgan fingerprint density at radius 3 is 2.70 bits per heavy atom. The molecular formula is C23H34O4. The van der Waals surface area contributed by atoms with Crippen LogP contribution in [0, 0.1) is 28.1 Å². The molecule has 150 valence electrons. The highest BCUT2D eigenvalue weighted by Gasteiger charge is 2.55. The molecule has 0 aliphatic heterocycles. The Morgan fingerprint density at radius 1 is 1.30 bits per heavy atom. The van der Waals surface area contributed by atoms with Crippen molar-refractivity contribution in [1.82, 2.24) is 0 Å². The maximum atomic E-state index is 11.8. The van der Waals surface area contributed by atoms with Crippen LogP contribution in [0.4, 0.5) is 0 Å². The molecule has 0 unspecified atom stereocenters. The Morgan fingerprint density at radius 2 is 2.04 bits per heavy atom. The zero-order chi connectivity index (χ0) is 19.9. The molecule has 3 aliphatic rings. The monoisotopic (exact) mass is 374 g/mol. The molecule has 0 heterocycles. The van der Waals surface area contributed by atoms with E-state index in [2.05, 4.69) is 39.5 Å². The number of carbonyl (C=O) groups excluding carboxylic acids is 1. The first-order valence-electron chi connectivity index (χ1n) is 10.3. The van der Waals surface area contributed by atoms with E-state index < -0.39 is 18.4 Å². The van der Waals surface area contributed by atoms with Gasteiger partial charge in [-0.05, 0) is 61.2 Å². The summed E-state index contributed by atoms with van der Waals surface area (Å²) in [6.45, 7) is 11.4. The molecule has 3 rings (SSSR count). The van der Waals surface area contributed by atoms with Crippen LogP contribution in [-0.2, 0) is 14.3 Å². The van der Waals surface area contributed by atoms with Gasteiger partial charge in [0.05, 0.1) is 6.61 Å². The maximum Gasteiger partial charge on any atom is 0.317 e. The van der Waals surface area contributed by atoms with Crippen molar-refractivity contribution in [3.63, 3.8) is 0 Å². The van der Waals surface area contributed by atoms with E-state index in [1.54, 1.807) is 5.57 Å². The molecule has 4 nitrogen and oxygen atoms in total. The van der Waals surface area contributed by atoms with Crippen LogP contribution in [0.5, 0.6) is 0 Å². The lowest BCUT2D eigenvalue weighted by molar-refractivity contribution is -0.157. The third-order valence-electron chi connectivity index (χ3n) is 7.81. The molecular weight excluding hydrogens is 340 g/mol. The zero-order valence-corrected chi connectivity index (χ0v) is 17.1. The van der Waals surface area contributed by atoms with E-state index >= 15 is 0 Å². The number of aliphatic carboxylic acids is 1. The van der Waals surface area contributed by atoms with Crippen LogP contribution in [0.2, 0.25) is 0 Å². The molecule has 0 bridgehead atoms. The van der Waals surface area contributed by atoms with Crippen molar-refractivity contribution < 1.29 is 19.4 Å². The van der Waals surface area contributed by atoms with Crippen molar-refractivity contribution >= 4 is 11.9 Å². The van der Waals surface area contributed by atoms with Gasteiger partial charge in [0.1, 0.15) is 6.42 Å². The van der Waals surface area contributed by atoms with Gasteiger partial charge in [-0.3, -0.25) is 9.59 Å². The van der Waals surface area contributed by atoms with Gasteiger partial charge in [-0.25, -0.2) is 0 Å². The van der Waals surface area contributed by atoms with Crippen LogP contribution < -0.4 is 0 Å². The van der Waals surface area contributed by atoms with Crippen LogP contribution in [-0.4, -0.2) is 23.7 Å². The highest BCUT2D eigenvalue weighted by Crippen LogP contribution is 2.63. The van der Waals surface area contributed by atoms with Gasteiger partial charge in [0.25, 0.3) is 0 Å². The van der Waals surface area contributed by atoms with Crippen molar-refractivity contribution in [3.8, 4) is 0 Å². The van der Waals surface area contributed by atoms with Crippen molar-refractivity contribution in [3.05, 3.63) is 24.3 Å². The summed E-state index contributed by atoms with van der Waals surface area (Å²) in [6, 6.07) is 0.